The molecule has 1 heterocycles. The van der Waals surface area contributed by atoms with Crippen molar-refractivity contribution in [3.05, 3.63) is 108 Å². The van der Waals surface area contributed by atoms with Crippen LogP contribution in [-0.4, -0.2) is 30.1 Å². The van der Waals surface area contributed by atoms with Crippen LogP contribution in [0.4, 0.5) is 0 Å². The monoisotopic (exact) mass is 468 g/mol. The van der Waals surface area contributed by atoms with Crippen LogP contribution in [0.3, 0.4) is 0 Å². The van der Waals surface area contributed by atoms with Gasteiger partial charge < -0.3 is 23.6 Å². The molecule has 1 aliphatic heterocycles. The number of hydrogen-bond donors (Lipinski definition) is 1. The molecule has 1 saturated heterocycles. The van der Waals surface area contributed by atoms with Crippen molar-refractivity contribution < 1.29 is 28.2 Å². The minimum Gasteiger partial charge on any atom is -0.394 e. The Hall–Kier alpha value is -2.31. The zero-order valence-corrected chi connectivity index (χ0v) is 19.3. The molecular weight excluding hydrogens is 439 g/mol. The first-order valence-corrected chi connectivity index (χ1v) is 12.8. The SMILES string of the molecule is O=P(CC[C@@H]1OC(c2ccccc2)O[C@H]1CO)(OCc1ccccc1)OCc1ccccc1. The minimum atomic E-state index is -3.45. The summed E-state index contributed by atoms with van der Waals surface area (Å²) >= 11 is 0. The van der Waals surface area contributed by atoms with Gasteiger partial charge in [0.25, 0.3) is 0 Å². The van der Waals surface area contributed by atoms with Crippen molar-refractivity contribution >= 4 is 7.60 Å². The second-order valence-electron chi connectivity index (χ2n) is 7.92. The van der Waals surface area contributed by atoms with Crippen LogP contribution in [0.1, 0.15) is 29.4 Å². The van der Waals surface area contributed by atoms with E-state index in [4.69, 9.17) is 18.5 Å². The standard InChI is InChI=1S/C26H29O6P/c27-18-25-24(31-26(32-25)23-14-8-3-9-15-23)16-17-33(28,29-19-21-10-4-1-5-11-21)30-20-22-12-6-2-7-13-22/h1-15,24-27H,16-20H2/t24-,25-,26?/m0/s1. The first-order valence-electron chi connectivity index (χ1n) is 11.1. The first-order chi connectivity index (χ1) is 16.1. The predicted octanol–water partition coefficient (Wildman–Crippen LogP) is 5.48. The average Bonchev–Trinajstić information content (AvgIpc) is 3.31. The predicted molar refractivity (Wildman–Crippen MR) is 126 cm³/mol. The molecule has 174 valence electrons. The normalized spacial score (nSPS) is 20.7. The van der Waals surface area contributed by atoms with E-state index >= 15 is 0 Å². The van der Waals surface area contributed by atoms with Crippen LogP contribution in [0, 0.1) is 0 Å². The van der Waals surface area contributed by atoms with E-state index in [9.17, 15) is 9.67 Å². The topological polar surface area (TPSA) is 74.2 Å². The highest BCUT2D eigenvalue weighted by atomic mass is 31.2. The first kappa shape index (κ1) is 23.8. The summed E-state index contributed by atoms with van der Waals surface area (Å²) in [5.74, 6) is 0. The minimum absolute atomic E-state index is 0.151. The maximum Gasteiger partial charge on any atom is 0.331 e. The summed E-state index contributed by atoms with van der Waals surface area (Å²) in [4.78, 5) is 0. The Morgan fingerprint density at radius 1 is 0.727 bits per heavy atom. The summed E-state index contributed by atoms with van der Waals surface area (Å²) in [5.41, 5.74) is 2.71. The van der Waals surface area contributed by atoms with Crippen molar-refractivity contribution in [3.63, 3.8) is 0 Å². The molecule has 1 N–H and O–H groups in total. The zero-order valence-electron chi connectivity index (χ0n) is 18.4. The van der Waals surface area contributed by atoms with Gasteiger partial charge in [0, 0.05) is 5.56 Å². The smallest absolute Gasteiger partial charge is 0.331 e. The van der Waals surface area contributed by atoms with E-state index in [0.717, 1.165) is 16.7 Å². The number of aliphatic hydroxyl groups excluding tert-OH is 1. The lowest BCUT2D eigenvalue weighted by atomic mass is 10.2. The summed E-state index contributed by atoms with van der Waals surface area (Å²) in [5, 5.41) is 9.80. The third kappa shape index (κ3) is 6.84. The number of hydrogen-bond acceptors (Lipinski definition) is 6. The van der Waals surface area contributed by atoms with Gasteiger partial charge in [0.05, 0.1) is 32.1 Å². The molecule has 7 heteroatoms. The molecule has 0 bridgehead atoms. The van der Waals surface area contributed by atoms with Crippen molar-refractivity contribution in [1.29, 1.82) is 0 Å². The van der Waals surface area contributed by atoms with Gasteiger partial charge in [-0.1, -0.05) is 91.0 Å². The largest absolute Gasteiger partial charge is 0.394 e. The lowest BCUT2D eigenvalue weighted by Gasteiger charge is -2.21. The number of benzene rings is 3. The summed E-state index contributed by atoms with van der Waals surface area (Å²) in [6.07, 6.45) is -0.974. The fourth-order valence-electron chi connectivity index (χ4n) is 3.65. The van der Waals surface area contributed by atoms with Crippen LogP contribution in [0.5, 0.6) is 0 Å². The van der Waals surface area contributed by atoms with E-state index < -0.39 is 26.1 Å². The quantitative estimate of drug-likeness (QED) is 0.376. The van der Waals surface area contributed by atoms with Crippen molar-refractivity contribution in [3.8, 4) is 0 Å². The number of ether oxygens (including phenoxy) is 2. The molecule has 0 aromatic heterocycles. The van der Waals surface area contributed by atoms with E-state index in [2.05, 4.69) is 0 Å². The summed E-state index contributed by atoms with van der Waals surface area (Å²) < 4.78 is 37.3. The van der Waals surface area contributed by atoms with Crippen LogP contribution in [0.2, 0.25) is 0 Å². The molecule has 4 rings (SSSR count). The maximum atomic E-state index is 13.7. The Morgan fingerprint density at radius 2 is 1.21 bits per heavy atom. The van der Waals surface area contributed by atoms with Crippen molar-refractivity contribution in [2.75, 3.05) is 12.8 Å². The molecule has 0 radical (unpaired) electrons. The summed E-state index contributed by atoms with van der Waals surface area (Å²) in [7, 11) is -3.45. The molecular formula is C26H29O6P. The van der Waals surface area contributed by atoms with E-state index in [1.165, 1.54) is 0 Å². The fourth-order valence-corrected chi connectivity index (χ4v) is 5.25. The molecule has 1 aliphatic rings. The van der Waals surface area contributed by atoms with Gasteiger partial charge in [-0.05, 0) is 17.5 Å². The van der Waals surface area contributed by atoms with Gasteiger partial charge in [-0.2, -0.15) is 0 Å². The molecule has 0 saturated carbocycles. The lowest BCUT2D eigenvalue weighted by Crippen LogP contribution is -2.27. The molecule has 6 nitrogen and oxygen atoms in total. The average molecular weight is 468 g/mol. The molecule has 0 aliphatic carbocycles. The Balaban J connectivity index is 1.41. The third-order valence-corrected chi connectivity index (χ3v) is 7.34. The van der Waals surface area contributed by atoms with E-state index in [-0.39, 0.29) is 26.0 Å². The van der Waals surface area contributed by atoms with Gasteiger partial charge in [-0.15, -0.1) is 0 Å². The Bertz CT molecular complexity index is 967. The number of aliphatic hydroxyl groups is 1. The zero-order chi connectivity index (χ0) is 22.9. The van der Waals surface area contributed by atoms with Gasteiger partial charge in [0.1, 0.15) is 6.10 Å². The highest BCUT2D eigenvalue weighted by Gasteiger charge is 2.38. The molecule has 3 aromatic carbocycles. The number of rotatable bonds is 11. The van der Waals surface area contributed by atoms with Crippen LogP contribution >= 0.6 is 7.60 Å². The molecule has 0 spiro atoms. The van der Waals surface area contributed by atoms with Crippen LogP contribution < -0.4 is 0 Å². The molecule has 0 amide bonds. The van der Waals surface area contributed by atoms with Gasteiger partial charge in [0.15, 0.2) is 6.29 Å². The Kier molecular flexibility index (Phi) is 8.46. The van der Waals surface area contributed by atoms with Crippen molar-refractivity contribution in [1.82, 2.24) is 0 Å². The second-order valence-corrected chi connectivity index (χ2v) is 10.1. The van der Waals surface area contributed by atoms with Crippen molar-refractivity contribution in [2.24, 2.45) is 0 Å². The molecule has 3 aromatic rings. The van der Waals surface area contributed by atoms with Gasteiger partial charge in [0.2, 0.25) is 0 Å². The Labute approximate surface area is 194 Å². The highest BCUT2D eigenvalue weighted by Crippen LogP contribution is 2.51. The van der Waals surface area contributed by atoms with Gasteiger partial charge in [-0.25, -0.2) is 0 Å². The van der Waals surface area contributed by atoms with Crippen LogP contribution in [-0.2, 0) is 36.3 Å². The third-order valence-electron chi connectivity index (χ3n) is 5.49. The van der Waals surface area contributed by atoms with Gasteiger partial charge in [-0.3, -0.25) is 4.57 Å². The Morgan fingerprint density at radius 3 is 1.73 bits per heavy atom. The van der Waals surface area contributed by atoms with E-state index in [0.29, 0.717) is 6.42 Å². The molecule has 3 atom stereocenters. The van der Waals surface area contributed by atoms with E-state index in [1.54, 1.807) is 0 Å². The van der Waals surface area contributed by atoms with Crippen molar-refractivity contribution in [2.45, 2.75) is 38.1 Å². The van der Waals surface area contributed by atoms with Gasteiger partial charge >= 0.3 is 7.60 Å². The highest BCUT2D eigenvalue weighted by molar-refractivity contribution is 7.53. The van der Waals surface area contributed by atoms with Crippen LogP contribution in [0.15, 0.2) is 91.0 Å². The molecule has 1 unspecified atom stereocenters. The summed E-state index contributed by atoms with van der Waals surface area (Å²) in [6, 6.07) is 28.7. The molecule has 1 fully saturated rings. The lowest BCUT2D eigenvalue weighted by molar-refractivity contribution is -0.0738. The fraction of sp³-hybridized carbons (Fsp3) is 0.308. The van der Waals surface area contributed by atoms with E-state index in [1.807, 2.05) is 91.0 Å². The van der Waals surface area contributed by atoms with Crippen LogP contribution in [0.25, 0.3) is 0 Å². The molecule has 33 heavy (non-hydrogen) atoms. The maximum absolute atomic E-state index is 13.7. The second kappa shape index (κ2) is 11.7. The summed E-state index contributed by atoms with van der Waals surface area (Å²) in [6.45, 7) is 0.185.